The normalized spacial score (nSPS) is 9.77. The van der Waals surface area contributed by atoms with Gasteiger partial charge in [0.25, 0.3) is 5.91 Å². The van der Waals surface area contributed by atoms with E-state index in [2.05, 4.69) is 10.6 Å². The molecule has 0 aromatic heterocycles. The molecule has 0 atom stereocenters. The van der Waals surface area contributed by atoms with Crippen LogP contribution in [0.25, 0.3) is 0 Å². The molecule has 0 radical (unpaired) electrons. The molecule has 0 aliphatic heterocycles. The number of carbonyl (C=O) groups excluding carboxylic acids is 2. The van der Waals surface area contributed by atoms with Gasteiger partial charge >= 0.3 is 0 Å². The third kappa shape index (κ3) is 6.91. The molecule has 0 aliphatic rings. The maximum atomic E-state index is 11.9. The third-order valence-corrected chi connectivity index (χ3v) is 3.28. The number of amides is 2. The molecule has 1 aromatic rings. The molecule has 4 N–H and O–H groups in total. The van der Waals surface area contributed by atoms with Crippen LogP contribution in [0.4, 0.5) is 5.69 Å². The van der Waals surface area contributed by atoms with Gasteiger partial charge in [-0.15, -0.1) is 12.4 Å². The van der Waals surface area contributed by atoms with Crippen LogP contribution in [0, 0.1) is 6.92 Å². The van der Waals surface area contributed by atoms with Crippen molar-refractivity contribution in [2.45, 2.75) is 39.0 Å². The van der Waals surface area contributed by atoms with Gasteiger partial charge in [-0.1, -0.05) is 24.5 Å². The van der Waals surface area contributed by atoms with Crippen molar-refractivity contribution in [1.29, 1.82) is 0 Å². The quantitative estimate of drug-likeness (QED) is 0.642. The van der Waals surface area contributed by atoms with Gasteiger partial charge in [-0.3, -0.25) is 9.59 Å². The summed E-state index contributed by atoms with van der Waals surface area (Å²) in [6.07, 6.45) is 4.36. The number of nitrogens with one attached hydrogen (secondary N) is 2. The monoisotopic (exact) mass is 327 g/mol. The van der Waals surface area contributed by atoms with Crippen LogP contribution >= 0.6 is 12.4 Å². The van der Waals surface area contributed by atoms with E-state index in [1.807, 2.05) is 13.0 Å². The molecule has 1 rings (SSSR count). The van der Waals surface area contributed by atoms with Gasteiger partial charge in [0.15, 0.2) is 0 Å². The second-order valence-electron chi connectivity index (χ2n) is 5.13. The summed E-state index contributed by atoms with van der Waals surface area (Å²) in [5.41, 5.74) is 7.46. The number of aryl methyl sites for hydroxylation is 1. The number of halogens is 1. The van der Waals surface area contributed by atoms with E-state index >= 15 is 0 Å². The smallest absolute Gasteiger partial charge is 0.253 e. The van der Waals surface area contributed by atoms with E-state index in [1.165, 1.54) is 0 Å². The highest BCUT2D eigenvalue weighted by atomic mass is 35.5. The zero-order chi connectivity index (χ0) is 15.7. The summed E-state index contributed by atoms with van der Waals surface area (Å²) in [5, 5.41) is 5.41. The number of unbranched alkanes of at least 4 members (excludes halogenated alkanes) is 3. The van der Waals surface area contributed by atoms with Crippen molar-refractivity contribution < 1.29 is 9.59 Å². The second kappa shape index (κ2) is 11.0. The first-order valence-electron chi connectivity index (χ1n) is 7.41. The number of hydrogen-bond acceptors (Lipinski definition) is 3. The van der Waals surface area contributed by atoms with Gasteiger partial charge < -0.3 is 16.4 Å². The Morgan fingerprint density at radius 2 is 1.82 bits per heavy atom. The highest BCUT2D eigenvalue weighted by Gasteiger charge is 2.12. The van der Waals surface area contributed by atoms with Crippen LogP contribution in [-0.4, -0.2) is 25.4 Å². The standard InChI is InChI=1S/C16H25N3O2.ClH/c1-12-8-9-14(13(11-12)16(21)18-2)19-15(20)7-5-3-4-6-10-17;/h8-9,11H,3-7,10,17H2,1-2H3,(H,18,21)(H,19,20);1H. The van der Waals surface area contributed by atoms with E-state index in [9.17, 15) is 9.59 Å². The lowest BCUT2D eigenvalue weighted by atomic mass is 10.1. The van der Waals surface area contributed by atoms with E-state index in [1.54, 1.807) is 19.2 Å². The van der Waals surface area contributed by atoms with Crippen molar-refractivity contribution in [3.63, 3.8) is 0 Å². The molecule has 1 aromatic carbocycles. The number of hydrogen-bond donors (Lipinski definition) is 3. The number of carbonyl (C=O) groups is 2. The predicted molar refractivity (Wildman–Crippen MR) is 92.6 cm³/mol. The van der Waals surface area contributed by atoms with Crippen molar-refractivity contribution in [1.82, 2.24) is 5.32 Å². The Bertz CT molecular complexity index is 492. The summed E-state index contributed by atoms with van der Waals surface area (Å²) in [7, 11) is 1.58. The van der Waals surface area contributed by atoms with Crippen molar-refractivity contribution in [3.8, 4) is 0 Å². The predicted octanol–water partition coefficient (Wildman–Crippen LogP) is 2.62. The fourth-order valence-corrected chi connectivity index (χ4v) is 2.09. The van der Waals surface area contributed by atoms with E-state index in [-0.39, 0.29) is 24.2 Å². The molecule has 0 saturated heterocycles. The Morgan fingerprint density at radius 1 is 1.14 bits per heavy atom. The molecular formula is C16H26ClN3O2. The molecule has 0 spiro atoms. The maximum absolute atomic E-state index is 11.9. The zero-order valence-corrected chi connectivity index (χ0v) is 14.1. The molecule has 0 aliphatic carbocycles. The van der Waals surface area contributed by atoms with Gasteiger partial charge in [-0.2, -0.15) is 0 Å². The third-order valence-electron chi connectivity index (χ3n) is 3.28. The average molecular weight is 328 g/mol. The van der Waals surface area contributed by atoms with Gasteiger partial charge in [-0.05, 0) is 38.4 Å². The summed E-state index contributed by atoms with van der Waals surface area (Å²) in [6.45, 7) is 2.61. The maximum Gasteiger partial charge on any atom is 0.253 e. The summed E-state index contributed by atoms with van der Waals surface area (Å²) in [6, 6.07) is 5.42. The van der Waals surface area contributed by atoms with Crippen LogP contribution in [0.5, 0.6) is 0 Å². The van der Waals surface area contributed by atoms with Crippen LogP contribution in [0.3, 0.4) is 0 Å². The van der Waals surface area contributed by atoms with Gasteiger partial charge in [0.1, 0.15) is 0 Å². The Hall–Kier alpha value is -1.59. The second-order valence-corrected chi connectivity index (χ2v) is 5.13. The number of benzene rings is 1. The molecule has 22 heavy (non-hydrogen) atoms. The van der Waals surface area contributed by atoms with Crippen molar-refractivity contribution in [3.05, 3.63) is 29.3 Å². The summed E-state index contributed by atoms with van der Waals surface area (Å²) in [5.74, 6) is -0.256. The molecule has 0 saturated carbocycles. The first-order chi connectivity index (χ1) is 10.1. The molecule has 0 heterocycles. The van der Waals surface area contributed by atoms with E-state index in [0.29, 0.717) is 24.2 Å². The minimum absolute atomic E-state index is 0. The number of anilines is 1. The number of rotatable bonds is 8. The van der Waals surface area contributed by atoms with E-state index in [4.69, 9.17) is 5.73 Å². The summed E-state index contributed by atoms with van der Waals surface area (Å²) >= 11 is 0. The zero-order valence-electron chi connectivity index (χ0n) is 13.3. The highest BCUT2D eigenvalue weighted by molar-refractivity contribution is 6.03. The lowest BCUT2D eigenvalue weighted by Crippen LogP contribution is -2.21. The molecule has 124 valence electrons. The van der Waals surface area contributed by atoms with E-state index in [0.717, 1.165) is 31.2 Å². The lowest BCUT2D eigenvalue weighted by molar-refractivity contribution is -0.116. The van der Waals surface area contributed by atoms with Gasteiger partial charge in [0.05, 0.1) is 11.3 Å². The Balaban J connectivity index is 0.00000441. The van der Waals surface area contributed by atoms with Crippen LogP contribution in [-0.2, 0) is 4.79 Å². The SMILES string of the molecule is CNC(=O)c1cc(C)ccc1NC(=O)CCCCCCN.Cl. The fourth-order valence-electron chi connectivity index (χ4n) is 2.09. The topological polar surface area (TPSA) is 84.2 Å². The molecule has 6 heteroatoms. The summed E-state index contributed by atoms with van der Waals surface area (Å²) in [4.78, 5) is 23.8. The molecule has 0 fully saturated rings. The molecule has 0 bridgehead atoms. The van der Waals surface area contributed by atoms with E-state index < -0.39 is 0 Å². The Kier molecular flexibility index (Phi) is 10.2. The Morgan fingerprint density at radius 3 is 2.45 bits per heavy atom. The highest BCUT2D eigenvalue weighted by Crippen LogP contribution is 2.18. The minimum Gasteiger partial charge on any atom is -0.355 e. The fraction of sp³-hybridized carbons (Fsp3) is 0.500. The van der Waals surface area contributed by atoms with Gasteiger partial charge in [-0.25, -0.2) is 0 Å². The molecular weight excluding hydrogens is 302 g/mol. The number of nitrogens with two attached hydrogens (primary N) is 1. The van der Waals surface area contributed by atoms with Crippen LogP contribution in [0.2, 0.25) is 0 Å². The van der Waals surface area contributed by atoms with Crippen molar-refractivity contribution in [2.75, 3.05) is 18.9 Å². The van der Waals surface area contributed by atoms with Gasteiger partial charge in [0, 0.05) is 13.5 Å². The molecule has 2 amide bonds. The average Bonchev–Trinajstić information content (AvgIpc) is 2.48. The largest absolute Gasteiger partial charge is 0.355 e. The van der Waals surface area contributed by atoms with Crippen LogP contribution in [0.1, 0.15) is 48.0 Å². The first kappa shape index (κ1) is 20.4. The van der Waals surface area contributed by atoms with Crippen LogP contribution in [0.15, 0.2) is 18.2 Å². The molecule has 5 nitrogen and oxygen atoms in total. The summed E-state index contributed by atoms with van der Waals surface area (Å²) < 4.78 is 0. The van der Waals surface area contributed by atoms with Crippen molar-refractivity contribution in [2.24, 2.45) is 5.73 Å². The first-order valence-corrected chi connectivity index (χ1v) is 7.41. The molecule has 0 unspecified atom stereocenters. The minimum atomic E-state index is -0.197. The Labute approximate surface area is 138 Å². The van der Waals surface area contributed by atoms with Gasteiger partial charge in [0.2, 0.25) is 5.91 Å². The lowest BCUT2D eigenvalue weighted by Gasteiger charge is -2.11. The van der Waals surface area contributed by atoms with Crippen LogP contribution < -0.4 is 16.4 Å². The van der Waals surface area contributed by atoms with Crippen molar-refractivity contribution >= 4 is 29.9 Å².